The van der Waals surface area contributed by atoms with Crippen molar-refractivity contribution < 1.29 is 74.5 Å². The van der Waals surface area contributed by atoms with E-state index in [0.717, 1.165) is 6.42 Å². The number of ketones is 2. The van der Waals surface area contributed by atoms with Crippen molar-refractivity contribution in [1.29, 1.82) is 0 Å². The second kappa shape index (κ2) is 15.9. The molecule has 0 radical (unpaired) electrons. The van der Waals surface area contributed by atoms with E-state index in [4.69, 9.17) is 18.9 Å². The van der Waals surface area contributed by atoms with Gasteiger partial charge in [0.25, 0.3) is 0 Å². The van der Waals surface area contributed by atoms with Crippen LogP contribution in [0.15, 0.2) is 0 Å². The van der Waals surface area contributed by atoms with Crippen molar-refractivity contribution in [1.82, 2.24) is 0 Å². The summed E-state index contributed by atoms with van der Waals surface area (Å²) in [5, 5.41) is 97.5. The molecule has 4 saturated carbocycles. The van der Waals surface area contributed by atoms with E-state index < -0.39 is 126 Å². The van der Waals surface area contributed by atoms with Gasteiger partial charge in [-0.15, -0.1) is 0 Å². The molecule has 0 aromatic carbocycles. The van der Waals surface area contributed by atoms with Crippen LogP contribution < -0.4 is 0 Å². The Bertz CT molecular complexity index is 1470. The quantitative estimate of drug-likeness (QED) is 0.137. The molecule has 6 aliphatic rings. The van der Waals surface area contributed by atoms with Crippen LogP contribution in [-0.4, -0.2) is 150 Å². The van der Waals surface area contributed by atoms with Crippen LogP contribution in [0.3, 0.4) is 0 Å². The SMILES string of the molecule is CC(C)C(=O)CC[C@]1(C)C[C@H](O)[C@]2(C)[C@H](C(=O)C[C@@H]3[C@@]4(C)CC[C@H](O[C@@H]5O[C@H](CO)[C@@H](O)[C@H](O)[C@H]5O[C@@H]5O[C@H](CO)[C@@H](O)[C@H](O)[C@H]5O)C(C)(C)[C@@H]4CC[C@]32C)[C@@H]1O. The van der Waals surface area contributed by atoms with E-state index in [1.807, 2.05) is 27.7 Å². The van der Waals surface area contributed by atoms with E-state index in [9.17, 15) is 55.5 Å². The van der Waals surface area contributed by atoms with Crippen molar-refractivity contribution in [2.45, 2.75) is 186 Å². The van der Waals surface area contributed by atoms with Crippen molar-refractivity contribution in [3.05, 3.63) is 0 Å². The first-order valence-corrected chi connectivity index (χ1v) is 21.1. The molecule has 15 nitrogen and oxygen atoms in total. The van der Waals surface area contributed by atoms with E-state index in [1.165, 1.54) is 0 Å². The lowest BCUT2D eigenvalue weighted by Gasteiger charge is -2.72. The molecule has 2 saturated heterocycles. The zero-order valence-electron chi connectivity index (χ0n) is 34.9. The summed E-state index contributed by atoms with van der Waals surface area (Å²) in [5.41, 5.74) is -3.19. The number of aliphatic hydroxyl groups is 9. The molecule has 2 heterocycles. The molecule has 9 N–H and O–H groups in total. The minimum atomic E-state index is -1.79. The average molecular weight is 815 g/mol. The lowest BCUT2D eigenvalue weighted by atomic mass is 9.32. The van der Waals surface area contributed by atoms with Gasteiger partial charge >= 0.3 is 0 Å². The highest BCUT2D eigenvalue weighted by Crippen LogP contribution is 2.74. The van der Waals surface area contributed by atoms with Gasteiger partial charge in [-0.2, -0.15) is 0 Å². The normalized spacial score (nSPS) is 52.5. The Balaban J connectivity index is 1.24. The van der Waals surface area contributed by atoms with Crippen LogP contribution >= 0.6 is 0 Å². The maximum atomic E-state index is 14.5. The summed E-state index contributed by atoms with van der Waals surface area (Å²) in [5.74, 6) is -1.01. The fourth-order valence-electron chi connectivity index (χ4n) is 12.9. The van der Waals surface area contributed by atoms with Crippen LogP contribution in [0, 0.1) is 50.7 Å². The first-order valence-electron chi connectivity index (χ1n) is 21.1. The maximum Gasteiger partial charge on any atom is 0.187 e. The second-order valence-electron chi connectivity index (χ2n) is 20.4. The van der Waals surface area contributed by atoms with Gasteiger partial charge in [0, 0.05) is 24.2 Å². The minimum absolute atomic E-state index is 0.00491. The van der Waals surface area contributed by atoms with Crippen LogP contribution in [0.2, 0.25) is 0 Å². The number of ether oxygens (including phenoxy) is 4. The smallest absolute Gasteiger partial charge is 0.187 e. The largest absolute Gasteiger partial charge is 0.394 e. The van der Waals surface area contributed by atoms with E-state index in [1.54, 1.807) is 0 Å². The van der Waals surface area contributed by atoms with Gasteiger partial charge in [0.15, 0.2) is 12.6 Å². The Morgan fingerprint density at radius 3 is 1.96 bits per heavy atom. The Morgan fingerprint density at radius 1 is 0.772 bits per heavy atom. The molecule has 20 atom stereocenters. The molecule has 328 valence electrons. The molecule has 0 aromatic rings. The van der Waals surface area contributed by atoms with Crippen LogP contribution in [0.4, 0.5) is 0 Å². The predicted molar refractivity (Wildman–Crippen MR) is 202 cm³/mol. The van der Waals surface area contributed by atoms with Crippen LogP contribution in [0.25, 0.3) is 0 Å². The summed E-state index contributed by atoms with van der Waals surface area (Å²) in [6.45, 7) is 14.8. The van der Waals surface area contributed by atoms with E-state index in [0.29, 0.717) is 25.7 Å². The van der Waals surface area contributed by atoms with Crippen molar-refractivity contribution in [3.8, 4) is 0 Å². The Kier molecular flexibility index (Phi) is 12.7. The van der Waals surface area contributed by atoms with Gasteiger partial charge in [-0.1, -0.05) is 55.4 Å². The number of Topliss-reactive ketones (excluding diaryl/α,β-unsaturated/α-hetero) is 2. The van der Waals surface area contributed by atoms with Gasteiger partial charge in [-0.25, -0.2) is 0 Å². The number of hydrogen-bond acceptors (Lipinski definition) is 15. The highest BCUT2D eigenvalue weighted by atomic mass is 16.8. The molecule has 57 heavy (non-hydrogen) atoms. The first-order chi connectivity index (χ1) is 26.4. The van der Waals surface area contributed by atoms with Crippen molar-refractivity contribution >= 4 is 11.6 Å². The zero-order valence-corrected chi connectivity index (χ0v) is 34.9. The second-order valence-corrected chi connectivity index (χ2v) is 20.4. The summed E-state index contributed by atoms with van der Waals surface area (Å²) >= 11 is 0. The molecule has 6 fully saturated rings. The molecule has 0 spiro atoms. The van der Waals surface area contributed by atoms with Crippen LogP contribution in [0.1, 0.15) is 107 Å². The minimum Gasteiger partial charge on any atom is -0.394 e. The number of hydrogen-bond donors (Lipinski definition) is 9. The van der Waals surface area contributed by atoms with Gasteiger partial charge in [0.05, 0.1) is 37.4 Å². The molecule has 0 bridgehead atoms. The molecular formula is C42H70O15. The fourth-order valence-corrected chi connectivity index (χ4v) is 12.9. The van der Waals surface area contributed by atoms with Crippen molar-refractivity contribution in [2.24, 2.45) is 50.7 Å². The average Bonchev–Trinajstić information content (AvgIpc) is 3.14. The van der Waals surface area contributed by atoms with Gasteiger partial charge in [-0.05, 0) is 72.0 Å². The van der Waals surface area contributed by atoms with Crippen LogP contribution in [0.5, 0.6) is 0 Å². The number of aliphatic hydroxyl groups excluding tert-OH is 9. The molecular weight excluding hydrogens is 744 g/mol. The third kappa shape index (κ3) is 7.10. The number of carbonyl (C=O) groups excluding carboxylic acids is 2. The summed E-state index contributed by atoms with van der Waals surface area (Å²) in [6.07, 6.45) is -14.3. The lowest BCUT2D eigenvalue weighted by Crippen LogP contribution is -2.73. The molecule has 0 aromatic heterocycles. The summed E-state index contributed by atoms with van der Waals surface area (Å²) < 4.78 is 24.2. The first kappa shape index (κ1) is 45.3. The number of rotatable bonds is 10. The van der Waals surface area contributed by atoms with Crippen molar-refractivity contribution in [3.63, 3.8) is 0 Å². The fraction of sp³-hybridized carbons (Fsp3) is 0.952. The highest BCUT2D eigenvalue weighted by Gasteiger charge is 2.73. The molecule has 15 heteroatoms. The van der Waals surface area contributed by atoms with E-state index >= 15 is 0 Å². The summed E-state index contributed by atoms with van der Waals surface area (Å²) in [7, 11) is 0. The van der Waals surface area contributed by atoms with E-state index in [2.05, 4.69) is 27.7 Å². The van der Waals surface area contributed by atoms with Gasteiger partial charge in [0.1, 0.15) is 60.4 Å². The highest BCUT2D eigenvalue weighted by molar-refractivity contribution is 5.85. The third-order valence-electron chi connectivity index (χ3n) is 16.8. The lowest BCUT2D eigenvalue weighted by molar-refractivity contribution is -0.378. The Labute approximate surface area is 336 Å². The van der Waals surface area contributed by atoms with Crippen molar-refractivity contribution in [2.75, 3.05) is 13.2 Å². The maximum absolute atomic E-state index is 14.5. The summed E-state index contributed by atoms with van der Waals surface area (Å²) in [6, 6.07) is 0. The topological polar surface area (TPSA) is 253 Å². The molecule has 0 amide bonds. The number of fused-ring (bicyclic) bond motifs is 5. The Morgan fingerprint density at radius 2 is 1.37 bits per heavy atom. The van der Waals surface area contributed by atoms with Gasteiger partial charge in [-0.3, -0.25) is 9.59 Å². The molecule has 4 aliphatic carbocycles. The van der Waals surface area contributed by atoms with Crippen LogP contribution in [-0.2, 0) is 28.5 Å². The van der Waals surface area contributed by atoms with Gasteiger partial charge < -0.3 is 64.9 Å². The standard InChI is InChI=1S/C42H70O15/c1-19(2)20(45)9-12-39(5)16-26(47)42(8)28(35(39)53)21(46)15-25-40(6)13-11-27(38(3,4)24(40)10-14-41(25,42)7)56-37-34(32(51)30(49)23(18-44)55-37)57-36-33(52)31(50)29(48)22(17-43)54-36/h19,22-37,43-44,47-53H,9-18H2,1-8H3/t22-,23-,24+,25-,26+,27+,28-,29-,30-,31+,32+,33-,34-,35+,36+,37+,39-,40+,41-,42-/m1/s1. The number of carbonyl (C=O) groups is 2. The summed E-state index contributed by atoms with van der Waals surface area (Å²) in [4.78, 5) is 27.1. The zero-order chi connectivity index (χ0) is 42.4. The predicted octanol–water partition coefficient (Wildman–Crippen LogP) is 0.587. The molecule has 2 aliphatic heterocycles. The van der Waals surface area contributed by atoms with Gasteiger partial charge in [0.2, 0.25) is 0 Å². The molecule has 6 rings (SSSR count). The monoisotopic (exact) mass is 814 g/mol. The third-order valence-corrected chi connectivity index (χ3v) is 16.8. The molecule has 0 unspecified atom stereocenters. The van der Waals surface area contributed by atoms with E-state index in [-0.39, 0.29) is 48.6 Å². The Hall–Kier alpha value is -1.18.